The summed E-state index contributed by atoms with van der Waals surface area (Å²) in [6, 6.07) is 9.31. The second-order valence-corrected chi connectivity index (χ2v) is 8.12. The van der Waals surface area contributed by atoms with Crippen molar-refractivity contribution in [2.75, 3.05) is 6.61 Å². The summed E-state index contributed by atoms with van der Waals surface area (Å²) in [5.74, 6) is 3.04. The third-order valence-corrected chi connectivity index (χ3v) is 5.94. The second-order valence-electron chi connectivity index (χ2n) is 8.12. The zero-order valence-corrected chi connectivity index (χ0v) is 15.9. The van der Waals surface area contributed by atoms with Crippen molar-refractivity contribution < 1.29 is 4.74 Å². The van der Waals surface area contributed by atoms with Crippen molar-refractivity contribution in [1.29, 1.82) is 0 Å². The first-order valence-corrected chi connectivity index (χ1v) is 10.1. The number of unbranched alkanes of at least 4 members (excludes halogenated alkanes) is 1. The second kappa shape index (κ2) is 8.69. The van der Waals surface area contributed by atoms with Crippen molar-refractivity contribution in [3.8, 4) is 0 Å². The van der Waals surface area contributed by atoms with Crippen LogP contribution in [0.3, 0.4) is 0 Å². The summed E-state index contributed by atoms with van der Waals surface area (Å²) in [5.41, 5.74) is 2.62. The summed E-state index contributed by atoms with van der Waals surface area (Å²) >= 11 is 0. The lowest BCUT2D eigenvalue weighted by atomic mass is 9.77. The lowest BCUT2D eigenvalue weighted by Gasteiger charge is -2.29. The van der Waals surface area contributed by atoms with Gasteiger partial charge in [-0.05, 0) is 74.0 Å². The van der Waals surface area contributed by atoms with Gasteiger partial charge in [0.05, 0.1) is 6.04 Å². The molecule has 2 nitrogen and oxygen atoms in total. The first-order valence-electron chi connectivity index (χ1n) is 10.1. The maximum Gasteiger partial charge on any atom is 0.216 e. The van der Waals surface area contributed by atoms with Crippen LogP contribution >= 0.6 is 0 Å². The Bertz CT molecular complexity index is 579. The van der Waals surface area contributed by atoms with Gasteiger partial charge >= 0.3 is 0 Å². The molecular weight excluding hydrogens is 306 g/mol. The van der Waals surface area contributed by atoms with Crippen LogP contribution in [0.25, 0.3) is 0 Å². The molecule has 25 heavy (non-hydrogen) atoms. The molecule has 0 radical (unpaired) electrons. The minimum atomic E-state index is 0.311. The normalized spacial score (nSPS) is 26.4. The van der Waals surface area contributed by atoms with E-state index >= 15 is 0 Å². The molecule has 3 rings (SSSR count). The molecule has 1 heterocycles. The highest BCUT2D eigenvalue weighted by atomic mass is 16.5. The first kappa shape index (κ1) is 18.2. The van der Waals surface area contributed by atoms with Crippen molar-refractivity contribution in [1.82, 2.24) is 0 Å². The van der Waals surface area contributed by atoms with Crippen molar-refractivity contribution in [2.45, 2.75) is 70.8 Å². The summed E-state index contributed by atoms with van der Waals surface area (Å²) in [4.78, 5) is 4.73. The van der Waals surface area contributed by atoms with E-state index < -0.39 is 0 Å². The molecule has 0 amide bonds. The Kier molecular flexibility index (Phi) is 6.34. The summed E-state index contributed by atoms with van der Waals surface area (Å²) in [7, 11) is 0. The van der Waals surface area contributed by atoms with Gasteiger partial charge in [-0.2, -0.15) is 0 Å². The summed E-state index contributed by atoms with van der Waals surface area (Å²) in [6.07, 6.45) is 11.4. The van der Waals surface area contributed by atoms with E-state index in [2.05, 4.69) is 50.8 Å². The van der Waals surface area contributed by atoms with Gasteiger partial charge in [-0.1, -0.05) is 38.5 Å². The fourth-order valence-corrected chi connectivity index (χ4v) is 4.12. The van der Waals surface area contributed by atoms with E-state index in [-0.39, 0.29) is 0 Å². The first-order chi connectivity index (χ1) is 12.2. The van der Waals surface area contributed by atoms with Crippen LogP contribution < -0.4 is 0 Å². The maximum absolute atomic E-state index is 5.80. The minimum absolute atomic E-state index is 0.311. The van der Waals surface area contributed by atoms with E-state index in [0.29, 0.717) is 12.0 Å². The number of nitrogens with zero attached hydrogens (tertiary/aromatic N) is 1. The van der Waals surface area contributed by atoms with Crippen LogP contribution in [0.5, 0.6) is 0 Å². The Morgan fingerprint density at radius 1 is 1.16 bits per heavy atom. The van der Waals surface area contributed by atoms with E-state index in [0.717, 1.165) is 29.9 Å². The van der Waals surface area contributed by atoms with Crippen LogP contribution in [0.15, 0.2) is 41.9 Å². The zero-order chi connectivity index (χ0) is 17.6. The van der Waals surface area contributed by atoms with E-state index in [1.165, 1.54) is 50.5 Å². The summed E-state index contributed by atoms with van der Waals surface area (Å²) in [6.45, 7) is 8.96. The molecule has 1 aromatic carbocycles. The fourth-order valence-electron chi connectivity index (χ4n) is 4.12. The average Bonchev–Trinajstić information content (AvgIpc) is 3.13. The Morgan fingerprint density at radius 3 is 2.48 bits per heavy atom. The van der Waals surface area contributed by atoms with Gasteiger partial charge in [0.25, 0.3) is 0 Å². The van der Waals surface area contributed by atoms with Crippen LogP contribution in [0.4, 0.5) is 0 Å². The molecule has 1 aliphatic carbocycles. The molecule has 1 atom stereocenters. The lowest BCUT2D eigenvalue weighted by Crippen LogP contribution is -2.13. The molecule has 2 heteroatoms. The third-order valence-electron chi connectivity index (χ3n) is 5.94. The van der Waals surface area contributed by atoms with E-state index in [1.54, 1.807) is 0 Å². The zero-order valence-electron chi connectivity index (χ0n) is 15.9. The van der Waals surface area contributed by atoms with Gasteiger partial charge in [0.2, 0.25) is 5.90 Å². The van der Waals surface area contributed by atoms with Crippen LogP contribution in [-0.4, -0.2) is 18.5 Å². The van der Waals surface area contributed by atoms with Crippen molar-refractivity contribution in [3.05, 3.63) is 48.0 Å². The number of benzene rings is 1. The quantitative estimate of drug-likeness (QED) is 0.433. The highest BCUT2D eigenvalue weighted by Gasteiger charge is 2.24. The Labute approximate surface area is 153 Å². The molecule has 136 valence electrons. The topological polar surface area (TPSA) is 21.6 Å². The van der Waals surface area contributed by atoms with Crippen molar-refractivity contribution in [2.24, 2.45) is 16.8 Å². The van der Waals surface area contributed by atoms with E-state index in [1.807, 2.05) is 0 Å². The predicted octanol–water partition coefficient (Wildman–Crippen LogP) is 6.12. The lowest BCUT2D eigenvalue weighted by molar-refractivity contribution is 0.292. The standard InChI is InChI=1S/C23H33NO/c1-4-5-6-7-18-8-10-19(11-9-18)20-12-14-21(15-13-20)23-24-22(16-25-23)17(2)3/h4,12-15,17-19,22H,1,5-11,16H2,2-3H3. The number of rotatable bonds is 7. The average molecular weight is 340 g/mol. The van der Waals surface area contributed by atoms with E-state index in [9.17, 15) is 0 Å². The molecule has 0 spiro atoms. The molecular formula is C23H33NO. The van der Waals surface area contributed by atoms with Crippen LogP contribution in [0.1, 0.15) is 75.8 Å². The van der Waals surface area contributed by atoms with Crippen LogP contribution in [0.2, 0.25) is 0 Å². The molecule has 1 aromatic rings. The molecule has 0 saturated heterocycles. The van der Waals surface area contributed by atoms with Crippen LogP contribution in [0, 0.1) is 11.8 Å². The predicted molar refractivity (Wildman–Crippen MR) is 106 cm³/mol. The summed E-state index contributed by atoms with van der Waals surface area (Å²) < 4.78 is 5.80. The van der Waals surface area contributed by atoms with Crippen molar-refractivity contribution in [3.63, 3.8) is 0 Å². The number of hydrogen-bond acceptors (Lipinski definition) is 2. The van der Waals surface area contributed by atoms with Gasteiger partial charge in [0.1, 0.15) is 6.61 Å². The Morgan fingerprint density at radius 2 is 1.88 bits per heavy atom. The molecule has 2 aliphatic rings. The van der Waals surface area contributed by atoms with Gasteiger partial charge < -0.3 is 4.74 Å². The monoisotopic (exact) mass is 339 g/mol. The minimum Gasteiger partial charge on any atom is -0.475 e. The number of aliphatic imine (C=N–C) groups is 1. The van der Waals surface area contributed by atoms with Crippen molar-refractivity contribution >= 4 is 5.90 Å². The highest BCUT2D eigenvalue weighted by molar-refractivity contribution is 5.95. The SMILES string of the molecule is C=CCCCC1CCC(c2ccc(C3=NC(C(C)C)CO3)cc2)CC1. The molecule has 0 aromatic heterocycles. The molecule has 1 unspecified atom stereocenters. The molecule has 0 bridgehead atoms. The molecule has 1 saturated carbocycles. The number of allylic oxidation sites excluding steroid dienone is 1. The Hall–Kier alpha value is -1.57. The Balaban J connectivity index is 1.53. The van der Waals surface area contributed by atoms with Gasteiger partial charge in [0, 0.05) is 5.56 Å². The van der Waals surface area contributed by atoms with Gasteiger partial charge in [-0.25, -0.2) is 4.99 Å². The van der Waals surface area contributed by atoms with Gasteiger partial charge in [0.15, 0.2) is 0 Å². The van der Waals surface area contributed by atoms with Gasteiger partial charge in [-0.15, -0.1) is 6.58 Å². The fraction of sp³-hybridized carbons (Fsp3) is 0.609. The van der Waals surface area contributed by atoms with E-state index in [4.69, 9.17) is 9.73 Å². The molecule has 0 N–H and O–H groups in total. The smallest absolute Gasteiger partial charge is 0.216 e. The van der Waals surface area contributed by atoms with Crippen LogP contribution in [-0.2, 0) is 4.74 Å². The summed E-state index contributed by atoms with van der Waals surface area (Å²) in [5, 5.41) is 0. The molecule has 1 aliphatic heterocycles. The van der Waals surface area contributed by atoms with Gasteiger partial charge in [-0.3, -0.25) is 0 Å². The maximum atomic E-state index is 5.80. The molecule has 1 fully saturated rings. The number of ether oxygens (including phenoxy) is 1. The third kappa shape index (κ3) is 4.74. The largest absolute Gasteiger partial charge is 0.475 e. The highest BCUT2D eigenvalue weighted by Crippen LogP contribution is 2.37. The number of hydrogen-bond donors (Lipinski definition) is 0.